The molecule has 0 bridgehead atoms. The average molecular weight is 388 g/mol. The Morgan fingerprint density at radius 2 is 1.89 bits per heavy atom. The summed E-state index contributed by atoms with van der Waals surface area (Å²) in [7, 11) is 0. The van der Waals surface area contributed by atoms with Crippen molar-refractivity contribution in [3.63, 3.8) is 0 Å². The second-order valence-electron chi connectivity index (χ2n) is 9.05. The molecule has 1 aliphatic heterocycles. The Kier molecular flexibility index (Phi) is 6.16. The number of fused-ring (bicyclic) bond motifs is 1. The number of nitrogens with one attached hydrogen (secondary N) is 2. The van der Waals surface area contributed by atoms with E-state index in [9.17, 15) is 9.59 Å². The Morgan fingerprint density at radius 3 is 2.61 bits per heavy atom. The number of amides is 3. The van der Waals surface area contributed by atoms with Gasteiger partial charge in [0.15, 0.2) is 0 Å². The lowest BCUT2D eigenvalue weighted by molar-refractivity contribution is 0.0578. The molecule has 2 atom stereocenters. The topological polar surface area (TPSA) is 70.7 Å². The fraction of sp³-hybridized carbons (Fsp3) is 0.636. The van der Waals surface area contributed by atoms with Crippen LogP contribution >= 0.6 is 0 Å². The number of hydrogen-bond acceptors (Lipinski definition) is 3. The zero-order valence-corrected chi connectivity index (χ0v) is 17.5. The van der Waals surface area contributed by atoms with Gasteiger partial charge in [-0.2, -0.15) is 0 Å². The van der Waals surface area contributed by atoms with Gasteiger partial charge in [0, 0.05) is 18.3 Å². The number of nitrogens with zero attached hydrogens (tertiary/aromatic N) is 1. The van der Waals surface area contributed by atoms with Crippen molar-refractivity contribution in [2.45, 2.75) is 77.9 Å². The number of benzene rings is 1. The van der Waals surface area contributed by atoms with E-state index in [0.29, 0.717) is 12.5 Å². The number of urea groups is 1. The second-order valence-corrected chi connectivity index (χ2v) is 9.05. The van der Waals surface area contributed by atoms with Crippen molar-refractivity contribution in [3.8, 4) is 0 Å². The van der Waals surface area contributed by atoms with Crippen LogP contribution in [-0.2, 0) is 11.2 Å². The highest BCUT2D eigenvalue weighted by atomic mass is 16.6. The molecule has 0 aromatic heterocycles. The predicted molar refractivity (Wildman–Crippen MR) is 112 cm³/mol. The minimum Gasteiger partial charge on any atom is -0.443 e. The minimum absolute atomic E-state index is 0.154. The molecule has 1 aliphatic carbocycles. The highest BCUT2D eigenvalue weighted by molar-refractivity contribution is 5.92. The fourth-order valence-corrected chi connectivity index (χ4v) is 4.05. The van der Waals surface area contributed by atoms with Crippen LogP contribution in [0, 0.1) is 5.92 Å². The molecule has 154 valence electrons. The molecule has 1 aromatic carbocycles. The van der Waals surface area contributed by atoms with Crippen molar-refractivity contribution in [1.29, 1.82) is 0 Å². The minimum atomic E-state index is -0.523. The number of carbonyl (C=O) groups excluding carboxylic acids is 2. The molecule has 0 spiro atoms. The molecule has 0 radical (unpaired) electrons. The molecule has 2 N–H and O–H groups in total. The quantitative estimate of drug-likeness (QED) is 0.744. The van der Waals surface area contributed by atoms with Gasteiger partial charge in [-0.15, -0.1) is 0 Å². The normalized spacial score (nSPS) is 22.2. The molecule has 6 nitrogen and oxygen atoms in total. The third-order valence-corrected chi connectivity index (χ3v) is 5.50. The van der Waals surface area contributed by atoms with E-state index in [1.165, 1.54) is 19.3 Å². The van der Waals surface area contributed by atoms with Crippen molar-refractivity contribution in [1.82, 2.24) is 5.32 Å². The van der Waals surface area contributed by atoms with Gasteiger partial charge in [-0.3, -0.25) is 4.90 Å². The van der Waals surface area contributed by atoms with Gasteiger partial charge in [-0.05, 0) is 76.1 Å². The van der Waals surface area contributed by atoms with Gasteiger partial charge in [-0.1, -0.05) is 19.8 Å². The Labute approximate surface area is 168 Å². The summed E-state index contributed by atoms with van der Waals surface area (Å²) in [4.78, 5) is 26.6. The van der Waals surface area contributed by atoms with Crippen molar-refractivity contribution in [3.05, 3.63) is 23.8 Å². The summed E-state index contributed by atoms with van der Waals surface area (Å²) in [6, 6.07) is 5.81. The van der Waals surface area contributed by atoms with Crippen molar-refractivity contribution >= 4 is 23.5 Å². The molecule has 1 saturated carbocycles. The van der Waals surface area contributed by atoms with Crippen molar-refractivity contribution in [2.75, 3.05) is 16.8 Å². The van der Waals surface area contributed by atoms with Crippen LogP contribution in [0.25, 0.3) is 0 Å². The molecule has 3 amide bonds. The number of carbonyl (C=O) groups is 2. The molecule has 1 heterocycles. The first kappa shape index (κ1) is 20.5. The van der Waals surface area contributed by atoms with E-state index in [0.717, 1.165) is 36.2 Å². The van der Waals surface area contributed by atoms with Gasteiger partial charge in [0.1, 0.15) is 5.60 Å². The zero-order chi connectivity index (χ0) is 20.3. The summed E-state index contributed by atoms with van der Waals surface area (Å²) in [5.74, 6) is 0.519. The zero-order valence-electron chi connectivity index (χ0n) is 17.5. The lowest BCUT2D eigenvalue weighted by atomic mass is 9.86. The summed E-state index contributed by atoms with van der Waals surface area (Å²) in [6.45, 7) is 8.46. The van der Waals surface area contributed by atoms with E-state index in [1.807, 2.05) is 39.0 Å². The number of aryl methyl sites for hydroxylation is 1. The average Bonchev–Trinajstić information content (AvgIpc) is 2.61. The third-order valence-electron chi connectivity index (χ3n) is 5.50. The summed E-state index contributed by atoms with van der Waals surface area (Å²) in [5.41, 5.74) is 2.16. The highest BCUT2D eigenvalue weighted by Crippen LogP contribution is 2.31. The monoisotopic (exact) mass is 387 g/mol. The maximum absolute atomic E-state index is 12.5. The summed E-state index contributed by atoms with van der Waals surface area (Å²) in [5, 5.41) is 6.07. The fourth-order valence-electron chi connectivity index (χ4n) is 4.05. The van der Waals surface area contributed by atoms with Crippen LogP contribution in [0.5, 0.6) is 0 Å². The highest BCUT2D eigenvalue weighted by Gasteiger charge is 2.28. The lowest BCUT2D eigenvalue weighted by Crippen LogP contribution is -2.43. The van der Waals surface area contributed by atoms with E-state index in [2.05, 4.69) is 17.6 Å². The van der Waals surface area contributed by atoms with E-state index in [4.69, 9.17) is 4.74 Å². The number of ether oxygens (including phenoxy) is 1. The standard InChI is InChI=1S/C22H33N3O3/c1-15-8-5-6-10-18(15)24-20(26)23-17-11-12-19-16(14-17)9-7-13-25(19)21(27)28-22(2,3)4/h11-12,14-15,18H,5-10,13H2,1-4H3,(H2,23,24,26). The van der Waals surface area contributed by atoms with Crippen LogP contribution in [-0.4, -0.2) is 30.3 Å². The van der Waals surface area contributed by atoms with Crippen LogP contribution in [0.3, 0.4) is 0 Å². The lowest BCUT2D eigenvalue weighted by Gasteiger charge is -2.32. The van der Waals surface area contributed by atoms with Gasteiger partial charge < -0.3 is 15.4 Å². The molecule has 6 heteroatoms. The number of hydrogen-bond donors (Lipinski definition) is 2. The van der Waals surface area contributed by atoms with Crippen LogP contribution < -0.4 is 15.5 Å². The molecule has 0 saturated heterocycles. The second kappa shape index (κ2) is 8.41. The number of rotatable bonds is 2. The van der Waals surface area contributed by atoms with Crippen LogP contribution in [0.2, 0.25) is 0 Å². The SMILES string of the molecule is CC1CCCCC1NC(=O)Nc1ccc2c(c1)CCCN2C(=O)OC(C)(C)C. The van der Waals surface area contributed by atoms with E-state index in [-0.39, 0.29) is 18.2 Å². The molecule has 1 aromatic rings. The third kappa shape index (κ3) is 5.18. The first-order chi connectivity index (χ1) is 13.2. The molecular weight excluding hydrogens is 354 g/mol. The first-order valence-electron chi connectivity index (χ1n) is 10.4. The smallest absolute Gasteiger partial charge is 0.414 e. The maximum Gasteiger partial charge on any atom is 0.414 e. The maximum atomic E-state index is 12.5. The molecule has 2 aliphatic rings. The molecule has 28 heavy (non-hydrogen) atoms. The van der Waals surface area contributed by atoms with E-state index >= 15 is 0 Å². The molecule has 3 rings (SSSR count). The van der Waals surface area contributed by atoms with Gasteiger partial charge >= 0.3 is 12.1 Å². The number of anilines is 2. The largest absolute Gasteiger partial charge is 0.443 e. The summed E-state index contributed by atoms with van der Waals surface area (Å²) >= 11 is 0. The van der Waals surface area contributed by atoms with Gasteiger partial charge in [0.05, 0.1) is 5.69 Å². The van der Waals surface area contributed by atoms with Crippen LogP contribution in [0.1, 0.15) is 65.4 Å². The van der Waals surface area contributed by atoms with E-state index < -0.39 is 5.60 Å². The summed E-state index contributed by atoms with van der Waals surface area (Å²) in [6.07, 6.45) is 6.08. The Bertz CT molecular complexity index is 726. The molecule has 1 fully saturated rings. The van der Waals surface area contributed by atoms with Crippen LogP contribution in [0.15, 0.2) is 18.2 Å². The van der Waals surface area contributed by atoms with Crippen LogP contribution in [0.4, 0.5) is 21.0 Å². The molecular formula is C22H33N3O3. The molecule has 2 unspecified atom stereocenters. The summed E-state index contributed by atoms with van der Waals surface area (Å²) < 4.78 is 5.53. The van der Waals surface area contributed by atoms with Crippen molar-refractivity contribution in [2.24, 2.45) is 5.92 Å². The Hall–Kier alpha value is -2.24. The first-order valence-corrected chi connectivity index (χ1v) is 10.4. The Balaban J connectivity index is 1.65. The van der Waals surface area contributed by atoms with Crippen molar-refractivity contribution < 1.29 is 14.3 Å². The van der Waals surface area contributed by atoms with Gasteiger partial charge in [0.2, 0.25) is 0 Å². The van der Waals surface area contributed by atoms with Gasteiger partial charge in [0.25, 0.3) is 0 Å². The van der Waals surface area contributed by atoms with E-state index in [1.54, 1.807) is 4.90 Å². The van der Waals surface area contributed by atoms with Gasteiger partial charge in [-0.25, -0.2) is 9.59 Å². The predicted octanol–water partition coefficient (Wildman–Crippen LogP) is 5.07. The Morgan fingerprint density at radius 1 is 1.14 bits per heavy atom.